The van der Waals surface area contributed by atoms with Gasteiger partial charge in [0.1, 0.15) is 18.9 Å². The Hall–Kier alpha value is -3.94. The largest absolute Gasteiger partial charge is 0.463 e. The number of amides is 1. The summed E-state index contributed by atoms with van der Waals surface area (Å²) in [5, 5.41) is 7.42. The molecule has 0 spiro atoms. The van der Waals surface area contributed by atoms with Crippen LogP contribution in [0.1, 0.15) is 43.5 Å². The first kappa shape index (κ1) is 23.2. The van der Waals surface area contributed by atoms with E-state index >= 15 is 0 Å². The molecule has 3 aromatic rings. The Morgan fingerprint density at radius 2 is 1.79 bits per heavy atom. The molecule has 8 nitrogen and oxygen atoms in total. The van der Waals surface area contributed by atoms with Crippen LogP contribution in [0.3, 0.4) is 0 Å². The summed E-state index contributed by atoms with van der Waals surface area (Å²) in [6, 6.07) is 15.2. The average Bonchev–Trinajstić information content (AvgIpc) is 3.31. The molecule has 0 aliphatic carbocycles. The first-order valence-electron chi connectivity index (χ1n) is 11.4. The van der Waals surface area contributed by atoms with Gasteiger partial charge in [-0.1, -0.05) is 55.0 Å². The van der Waals surface area contributed by atoms with Gasteiger partial charge in [-0.2, -0.15) is 10.1 Å². The van der Waals surface area contributed by atoms with Gasteiger partial charge in [0.25, 0.3) is 0 Å². The Balaban J connectivity index is 1.72. The van der Waals surface area contributed by atoms with E-state index in [1.807, 2.05) is 69.3 Å². The number of nitrogens with one attached hydrogen (secondary N) is 1. The Kier molecular flexibility index (Phi) is 6.77. The van der Waals surface area contributed by atoms with Gasteiger partial charge >= 0.3 is 5.97 Å². The second-order valence-electron chi connectivity index (χ2n) is 8.18. The number of carbonyl (C=O) groups excluding carboxylic acids is 2. The summed E-state index contributed by atoms with van der Waals surface area (Å²) in [6.07, 6.45) is 2.24. The number of anilines is 2. The molecular formula is C26H29N5O3. The van der Waals surface area contributed by atoms with Crippen LogP contribution in [0.2, 0.25) is 0 Å². The van der Waals surface area contributed by atoms with Gasteiger partial charge in [0.2, 0.25) is 11.9 Å². The predicted molar refractivity (Wildman–Crippen MR) is 130 cm³/mol. The van der Waals surface area contributed by atoms with E-state index in [0.717, 1.165) is 28.8 Å². The number of allylic oxidation sites excluding steroid dienone is 1. The fourth-order valence-corrected chi connectivity index (χ4v) is 4.23. The van der Waals surface area contributed by atoms with Gasteiger partial charge in [-0.05, 0) is 44.4 Å². The maximum atomic E-state index is 13.1. The molecule has 0 bridgehead atoms. The van der Waals surface area contributed by atoms with Gasteiger partial charge in [0.15, 0.2) is 0 Å². The van der Waals surface area contributed by atoms with Crippen molar-refractivity contribution in [2.75, 3.05) is 23.4 Å². The van der Waals surface area contributed by atoms with Gasteiger partial charge in [-0.25, -0.2) is 9.48 Å². The highest BCUT2D eigenvalue weighted by molar-refractivity contribution is 5.97. The lowest BCUT2D eigenvalue weighted by Gasteiger charge is -2.35. The molecule has 0 unspecified atom stereocenters. The normalized spacial score (nSPS) is 15.2. The summed E-state index contributed by atoms with van der Waals surface area (Å²) in [5.74, 6) is -0.157. The molecule has 1 aliphatic rings. The van der Waals surface area contributed by atoms with Crippen molar-refractivity contribution in [1.29, 1.82) is 0 Å². The summed E-state index contributed by atoms with van der Waals surface area (Å²) in [5.41, 5.74) is 4.88. The lowest BCUT2D eigenvalue weighted by molar-refractivity contribution is -0.139. The minimum atomic E-state index is -0.503. The van der Waals surface area contributed by atoms with Crippen LogP contribution in [0.4, 0.5) is 11.6 Å². The Morgan fingerprint density at radius 1 is 1.06 bits per heavy atom. The highest BCUT2D eigenvalue weighted by atomic mass is 16.5. The summed E-state index contributed by atoms with van der Waals surface area (Å²) in [7, 11) is 0. The maximum Gasteiger partial charge on any atom is 0.338 e. The predicted octanol–water partition coefficient (Wildman–Crippen LogP) is 4.03. The lowest BCUT2D eigenvalue weighted by Crippen LogP contribution is -2.41. The van der Waals surface area contributed by atoms with E-state index < -0.39 is 12.0 Å². The zero-order valence-corrected chi connectivity index (χ0v) is 19.9. The molecule has 1 aliphatic heterocycles. The number of benzene rings is 2. The van der Waals surface area contributed by atoms with E-state index in [-0.39, 0.29) is 19.1 Å². The molecule has 2 heterocycles. The zero-order valence-electron chi connectivity index (χ0n) is 19.9. The van der Waals surface area contributed by atoms with Crippen molar-refractivity contribution in [2.24, 2.45) is 0 Å². The van der Waals surface area contributed by atoms with Crippen LogP contribution in [0, 0.1) is 6.92 Å². The minimum absolute atomic E-state index is 0.0217. The summed E-state index contributed by atoms with van der Waals surface area (Å²) in [4.78, 5) is 32.3. The third-order valence-corrected chi connectivity index (χ3v) is 5.97. The first-order chi connectivity index (χ1) is 16.4. The van der Waals surface area contributed by atoms with Crippen molar-refractivity contribution in [3.05, 3.63) is 82.8 Å². The molecule has 1 N–H and O–H groups in total. The van der Waals surface area contributed by atoms with Crippen LogP contribution in [0.25, 0.3) is 0 Å². The number of carbonyl (C=O) groups is 2. The van der Waals surface area contributed by atoms with Gasteiger partial charge < -0.3 is 15.0 Å². The molecule has 8 heteroatoms. The number of ether oxygens (including phenoxy) is 1. The van der Waals surface area contributed by atoms with Gasteiger partial charge in [0.05, 0.1) is 12.2 Å². The third-order valence-electron chi connectivity index (χ3n) is 5.97. The molecule has 2 aromatic carbocycles. The summed E-state index contributed by atoms with van der Waals surface area (Å²) in [6.45, 7) is 7.87. The average molecular weight is 460 g/mol. The number of para-hydroxylation sites is 1. The van der Waals surface area contributed by atoms with Crippen LogP contribution in [0.5, 0.6) is 0 Å². The van der Waals surface area contributed by atoms with Crippen molar-refractivity contribution in [1.82, 2.24) is 14.8 Å². The molecule has 34 heavy (non-hydrogen) atoms. The van der Waals surface area contributed by atoms with Crippen molar-refractivity contribution in [3.63, 3.8) is 0 Å². The second-order valence-corrected chi connectivity index (χ2v) is 8.18. The summed E-state index contributed by atoms with van der Waals surface area (Å²) >= 11 is 0. The smallest absolute Gasteiger partial charge is 0.338 e. The van der Waals surface area contributed by atoms with Crippen molar-refractivity contribution >= 4 is 23.5 Å². The van der Waals surface area contributed by atoms with E-state index in [1.54, 1.807) is 16.5 Å². The Morgan fingerprint density at radius 3 is 2.50 bits per heavy atom. The van der Waals surface area contributed by atoms with Gasteiger partial charge in [-0.3, -0.25) is 4.79 Å². The van der Waals surface area contributed by atoms with Crippen LogP contribution < -0.4 is 10.2 Å². The maximum absolute atomic E-state index is 13.1. The van der Waals surface area contributed by atoms with E-state index in [1.165, 1.54) is 6.33 Å². The van der Waals surface area contributed by atoms with E-state index in [2.05, 4.69) is 15.4 Å². The Labute approximate surface area is 199 Å². The number of fused-ring (bicyclic) bond motifs is 1. The highest BCUT2D eigenvalue weighted by Gasteiger charge is 2.38. The third kappa shape index (κ3) is 4.44. The molecule has 176 valence electrons. The molecule has 0 fully saturated rings. The van der Waals surface area contributed by atoms with Crippen LogP contribution in [-0.2, 0) is 20.7 Å². The number of nitrogens with zero attached hydrogens (tertiary/aromatic N) is 4. The van der Waals surface area contributed by atoms with Gasteiger partial charge in [0, 0.05) is 11.4 Å². The molecule has 1 atom stereocenters. The topological polar surface area (TPSA) is 89.3 Å². The number of hydrogen-bond acceptors (Lipinski definition) is 6. The van der Waals surface area contributed by atoms with Crippen LogP contribution in [-0.4, -0.2) is 39.8 Å². The number of aryl methyl sites for hydroxylation is 2. The van der Waals surface area contributed by atoms with E-state index in [0.29, 0.717) is 17.2 Å². The number of aromatic nitrogens is 3. The molecule has 0 saturated carbocycles. The molecule has 1 amide bonds. The quantitative estimate of drug-likeness (QED) is 0.537. The van der Waals surface area contributed by atoms with Crippen LogP contribution >= 0.6 is 0 Å². The Bertz CT molecular complexity index is 1230. The first-order valence-corrected chi connectivity index (χ1v) is 11.4. The SMILES string of the molecule is CCOC(=O)C1=C(C)N(CC(=O)Nc2ccccc2CC)c2ncnn2[C@H]1c1ccc(C)cc1. The minimum Gasteiger partial charge on any atom is -0.463 e. The number of rotatable bonds is 7. The molecule has 0 radical (unpaired) electrons. The molecule has 4 rings (SSSR count). The zero-order chi connectivity index (χ0) is 24.2. The second kappa shape index (κ2) is 9.91. The van der Waals surface area contributed by atoms with Crippen molar-refractivity contribution in [2.45, 2.75) is 40.2 Å². The van der Waals surface area contributed by atoms with E-state index in [4.69, 9.17) is 4.74 Å². The lowest BCUT2D eigenvalue weighted by atomic mass is 9.94. The highest BCUT2D eigenvalue weighted by Crippen LogP contribution is 2.38. The van der Waals surface area contributed by atoms with Crippen molar-refractivity contribution in [3.8, 4) is 0 Å². The monoisotopic (exact) mass is 459 g/mol. The molecular weight excluding hydrogens is 430 g/mol. The van der Waals surface area contributed by atoms with Crippen molar-refractivity contribution < 1.29 is 14.3 Å². The fourth-order valence-electron chi connectivity index (χ4n) is 4.23. The fraction of sp³-hybridized carbons (Fsp3) is 0.308. The number of hydrogen-bond donors (Lipinski definition) is 1. The molecule has 1 aromatic heterocycles. The van der Waals surface area contributed by atoms with Gasteiger partial charge in [-0.15, -0.1) is 0 Å². The van der Waals surface area contributed by atoms with Crippen LogP contribution in [0.15, 0.2) is 66.1 Å². The molecule has 0 saturated heterocycles. The number of esters is 1. The summed E-state index contributed by atoms with van der Waals surface area (Å²) < 4.78 is 7.09. The standard InChI is InChI=1S/C26H29N5O3/c1-5-19-9-7-8-10-21(19)29-22(32)15-30-18(4)23(25(33)34-6-2)24(31-26(30)27-16-28-31)20-13-11-17(3)12-14-20/h7-14,16,24H,5-6,15H2,1-4H3,(H,29,32)/t24-/m0/s1. The van der Waals surface area contributed by atoms with E-state index in [9.17, 15) is 9.59 Å².